The van der Waals surface area contributed by atoms with Gasteiger partial charge in [0.1, 0.15) is 0 Å². The SMILES string of the molecule is C=CCN1C(=O)C(CC(=O)O)N(C)CCC1C. The molecule has 1 heterocycles. The molecule has 1 fully saturated rings. The third-order valence-electron chi connectivity index (χ3n) is 3.23. The van der Waals surface area contributed by atoms with Crippen LogP contribution in [0.4, 0.5) is 0 Å². The summed E-state index contributed by atoms with van der Waals surface area (Å²) in [6.45, 7) is 6.83. The van der Waals surface area contributed by atoms with Crippen LogP contribution in [-0.2, 0) is 9.59 Å². The molecule has 0 bridgehead atoms. The smallest absolute Gasteiger partial charge is 0.305 e. The lowest BCUT2D eigenvalue weighted by Crippen LogP contribution is -2.47. The highest BCUT2D eigenvalue weighted by molar-refractivity contribution is 5.86. The number of hydrogen-bond acceptors (Lipinski definition) is 3. The van der Waals surface area contributed by atoms with E-state index >= 15 is 0 Å². The van der Waals surface area contributed by atoms with E-state index < -0.39 is 12.0 Å². The second-order valence-electron chi connectivity index (χ2n) is 4.51. The zero-order chi connectivity index (χ0) is 13.0. The largest absolute Gasteiger partial charge is 0.481 e. The maximum atomic E-state index is 12.3. The topological polar surface area (TPSA) is 60.9 Å². The quantitative estimate of drug-likeness (QED) is 0.730. The fourth-order valence-corrected chi connectivity index (χ4v) is 2.12. The molecule has 0 aromatic carbocycles. The third-order valence-corrected chi connectivity index (χ3v) is 3.23. The molecule has 1 rings (SSSR count). The van der Waals surface area contributed by atoms with Crippen LogP contribution in [0.5, 0.6) is 0 Å². The summed E-state index contributed by atoms with van der Waals surface area (Å²) in [5.41, 5.74) is 0. The van der Waals surface area contributed by atoms with Gasteiger partial charge in [-0.15, -0.1) is 6.58 Å². The molecular weight excluding hydrogens is 220 g/mol. The predicted molar refractivity (Wildman–Crippen MR) is 64.7 cm³/mol. The number of hydrogen-bond donors (Lipinski definition) is 1. The molecule has 2 atom stereocenters. The molecule has 0 aromatic rings. The van der Waals surface area contributed by atoms with Gasteiger partial charge in [0.05, 0.1) is 12.5 Å². The maximum Gasteiger partial charge on any atom is 0.305 e. The fraction of sp³-hybridized carbons (Fsp3) is 0.667. The van der Waals surface area contributed by atoms with Crippen LogP contribution >= 0.6 is 0 Å². The molecule has 0 spiro atoms. The molecule has 0 saturated carbocycles. The Balaban J connectivity index is 2.89. The average molecular weight is 240 g/mol. The Morgan fingerprint density at radius 2 is 2.29 bits per heavy atom. The first kappa shape index (κ1) is 13.7. The van der Waals surface area contributed by atoms with Crippen molar-refractivity contribution in [1.82, 2.24) is 9.80 Å². The number of carbonyl (C=O) groups excluding carboxylic acids is 1. The van der Waals surface area contributed by atoms with E-state index in [4.69, 9.17) is 5.11 Å². The molecule has 2 unspecified atom stereocenters. The van der Waals surface area contributed by atoms with Crippen LogP contribution in [0.1, 0.15) is 19.8 Å². The Morgan fingerprint density at radius 3 is 2.82 bits per heavy atom. The summed E-state index contributed by atoms with van der Waals surface area (Å²) in [6, 6.07) is -0.431. The summed E-state index contributed by atoms with van der Waals surface area (Å²) < 4.78 is 0. The lowest BCUT2D eigenvalue weighted by atomic mass is 10.1. The van der Waals surface area contributed by atoms with Gasteiger partial charge in [0.15, 0.2) is 0 Å². The molecular formula is C12H20N2O3. The first-order valence-electron chi connectivity index (χ1n) is 5.80. The minimum absolute atomic E-state index is 0.111. The third kappa shape index (κ3) is 3.30. The molecule has 1 aliphatic heterocycles. The van der Waals surface area contributed by atoms with Gasteiger partial charge in [0, 0.05) is 19.1 Å². The summed E-state index contributed by atoms with van der Waals surface area (Å²) in [6.07, 6.45) is 2.39. The molecule has 17 heavy (non-hydrogen) atoms. The maximum absolute atomic E-state index is 12.3. The predicted octanol–water partition coefficient (Wildman–Crippen LogP) is 0.568. The zero-order valence-electron chi connectivity index (χ0n) is 10.4. The minimum Gasteiger partial charge on any atom is -0.481 e. The highest BCUT2D eigenvalue weighted by Gasteiger charge is 2.34. The Hall–Kier alpha value is -1.36. The first-order valence-corrected chi connectivity index (χ1v) is 5.80. The molecule has 1 N–H and O–H groups in total. The second-order valence-corrected chi connectivity index (χ2v) is 4.51. The van der Waals surface area contributed by atoms with Crippen LogP contribution in [0.3, 0.4) is 0 Å². The molecule has 1 amide bonds. The highest BCUT2D eigenvalue weighted by atomic mass is 16.4. The van der Waals surface area contributed by atoms with Crippen LogP contribution in [0, 0.1) is 0 Å². The van der Waals surface area contributed by atoms with Gasteiger partial charge in [-0.25, -0.2) is 0 Å². The Bertz CT molecular complexity index is 317. The van der Waals surface area contributed by atoms with Crippen LogP contribution in [0.15, 0.2) is 12.7 Å². The lowest BCUT2D eigenvalue weighted by Gasteiger charge is -2.29. The van der Waals surface area contributed by atoms with E-state index in [9.17, 15) is 9.59 Å². The number of carboxylic acid groups (broad SMARTS) is 1. The molecule has 1 aliphatic rings. The number of amides is 1. The Labute approximate surface area is 102 Å². The monoisotopic (exact) mass is 240 g/mol. The number of carbonyl (C=O) groups is 2. The van der Waals surface area contributed by atoms with Crippen molar-refractivity contribution in [2.45, 2.75) is 31.8 Å². The Kier molecular flexibility index (Phi) is 4.69. The van der Waals surface area contributed by atoms with Gasteiger partial charge >= 0.3 is 5.97 Å². The van der Waals surface area contributed by atoms with Gasteiger partial charge in [0.25, 0.3) is 0 Å². The van der Waals surface area contributed by atoms with E-state index in [1.165, 1.54) is 0 Å². The van der Waals surface area contributed by atoms with Crippen molar-refractivity contribution in [2.75, 3.05) is 20.1 Å². The molecule has 0 radical (unpaired) electrons. The van der Waals surface area contributed by atoms with Crippen molar-refractivity contribution in [3.05, 3.63) is 12.7 Å². The standard InChI is InChI=1S/C12H20N2O3/c1-4-6-14-9(2)5-7-13(3)10(12(14)17)8-11(15)16/h4,9-10H,1,5-8H2,2-3H3,(H,15,16). The Morgan fingerprint density at radius 1 is 1.65 bits per heavy atom. The molecule has 0 aliphatic carbocycles. The van der Waals surface area contributed by atoms with Gasteiger partial charge in [-0.3, -0.25) is 14.5 Å². The van der Waals surface area contributed by atoms with Crippen molar-refractivity contribution >= 4 is 11.9 Å². The molecule has 1 saturated heterocycles. The van der Waals surface area contributed by atoms with E-state index in [-0.39, 0.29) is 18.4 Å². The van der Waals surface area contributed by atoms with Gasteiger partial charge in [-0.2, -0.15) is 0 Å². The summed E-state index contributed by atoms with van der Waals surface area (Å²) in [4.78, 5) is 26.6. The number of rotatable bonds is 4. The highest BCUT2D eigenvalue weighted by Crippen LogP contribution is 2.17. The van der Waals surface area contributed by atoms with E-state index in [0.29, 0.717) is 6.54 Å². The van der Waals surface area contributed by atoms with Gasteiger partial charge < -0.3 is 10.0 Å². The molecule has 5 nitrogen and oxygen atoms in total. The summed E-state index contributed by atoms with van der Waals surface area (Å²) in [5, 5.41) is 8.86. The van der Waals surface area contributed by atoms with Gasteiger partial charge in [0.2, 0.25) is 5.91 Å². The number of aliphatic carboxylic acids is 1. The van der Waals surface area contributed by atoms with Crippen molar-refractivity contribution in [1.29, 1.82) is 0 Å². The van der Waals surface area contributed by atoms with Crippen LogP contribution < -0.4 is 0 Å². The van der Waals surface area contributed by atoms with Crippen LogP contribution in [0.25, 0.3) is 0 Å². The van der Waals surface area contributed by atoms with Crippen LogP contribution in [0.2, 0.25) is 0 Å². The van der Waals surface area contributed by atoms with E-state index in [0.717, 1.165) is 13.0 Å². The number of carboxylic acids is 1. The molecule has 0 aromatic heterocycles. The van der Waals surface area contributed by atoms with E-state index in [1.54, 1.807) is 18.0 Å². The van der Waals surface area contributed by atoms with E-state index in [2.05, 4.69) is 6.58 Å². The van der Waals surface area contributed by atoms with Crippen molar-refractivity contribution in [2.24, 2.45) is 0 Å². The molecule has 96 valence electrons. The summed E-state index contributed by atoms with van der Waals surface area (Å²) in [5.74, 6) is -1.05. The fourth-order valence-electron chi connectivity index (χ4n) is 2.12. The number of likely N-dealkylation sites (N-methyl/N-ethyl adjacent to an activating group) is 1. The minimum atomic E-state index is -0.941. The average Bonchev–Trinajstić information content (AvgIpc) is 2.35. The normalized spacial score (nSPS) is 26.7. The van der Waals surface area contributed by atoms with Crippen molar-refractivity contribution < 1.29 is 14.7 Å². The summed E-state index contributed by atoms with van der Waals surface area (Å²) >= 11 is 0. The van der Waals surface area contributed by atoms with E-state index in [1.807, 2.05) is 11.8 Å². The van der Waals surface area contributed by atoms with Crippen LogP contribution in [-0.4, -0.2) is 59.0 Å². The second kappa shape index (κ2) is 5.82. The number of nitrogens with zero attached hydrogens (tertiary/aromatic N) is 2. The first-order chi connectivity index (χ1) is 7.97. The van der Waals surface area contributed by atoms with Crippen molar-refractivity contribution in [3.8, 4) is 0 Å². The van der Waals surface area contributed by atoms with Gasteiger partial charge in [-0.1, -0.05) is 6.08 Å². The van der Waals surface area contributed by atoms with Gasteiger partial charge in [-0.05, 0) is 20.4 Å². The van der Waals surface area contributed by atoms with Crippen molar-refractivity contribution in [3.63, 3.8) is 0 Å². The summed E-state index contributed by atoms with van der Waals surface area (Å²) in [7, 11) is 1.80. The molecule has 5 heteroatoms. The lowest BCUT2D eigenvalue weighted by molar-refractivity contribution is -0.144. The zero-order valence-corrected chi connectivity index (χ0v) is 10.4.